The molecule has 4 nitrogen and oxygen atoms in total. The molecule has 0 saturated heterocycles. The van der Waals surface area contributed by atoms with Crippen molar-refractivity contribution in [2.24, 2.45) is 5.92 Å². The zero-order chi connectivity index (χ0) is 12.8. The van der Waals surface area contributed by atoms with E-state index < -0.39 is 0 Å². The van der Waals surface area contributed by atoms with E-state index in [0.29, 0.717) is 12.5 Å². The topological polar surface area (TPSA) is 61.4 Å². The smallest absolute Gasteiger partial charge is 0.319 e. The normalized spacial score (nSPS) is 23.4. The number of amides is 2. The summed E-state index contributed by atoms with van der Waals surface area (Å²) in [6, 6.07) is 9.20. The molecule has 3 N–H and O–H groups in total. The molecule has 0 aliphatic heterocycles. The average Bonchev–Trinajstić information content (AvgIpc) is 2.38. The van der Waals surface area contributed by atoms with Gasteiger partial charge in [0.2, 0.25) is 0 Å². The van der Waals surface area contributed by atoms with E-state index in [0.717, 1.165) is 31.4 Å². The standard InChI is InChI=1S/C14H20N2O2/c17-13-8-4-5-11(9-13)10-15-14(18)16-12-6-2-1-3-7-12/h1-3,6-7,11,13,17H,4-5,8-10H2,(H2,15,16,18). The molecule has 18 heavy (non-hydrogen) atoms. The zero-order valence-electron chi connectivity index (χ0n) is 10.4. The van der Waals surface area contributed by atoms with E-state index in [1.165, 1.54) is 0 Å². The number of nitrogens with one attached hydrogen (secondary N) is 2. The number of urea groups is 1. The number of aliphatic hydroxyl groups is 1. The summed E-state index contributed by atoms with van der Waals surface area (Å²) in [5.41, 5.74) is 0.790. The van der Waals surface area contributed by atoms with Gasteiger partial charge in [-0.15, -0.1) is 0 Å². The molecule has 98 valence electrons. The minimum Gasteiger partial charge on any atom is -0.393 e. The molecule has 0 aromatic heterocycles. The summed E-state index contributed by atoms with van der Waals surface area (Å²) in [6.45, 7) is 0.635. The average molecular weight is 248 g/mol. The molecule has 0 radical (unpaired) electrons. The van der Waals surface area contributed by atoms with E-state index in [2.05, 4.69) is 10.6 Å². The second-order valence-electron chi connectivity index (χ2n) is 4.89. The molecule has 0 spiro atoms. The molecule has 0 bridgehead atoms. The maximum Gasteiger partial charge on any atom is 0.319 e. The van der Waals surface area contributed by atoms with E-state index in [4.69, 9.17) is 0 Å². The van der Waals surface area contributed by atoms with Crippen molar-refractivity contribution in [2.45, 2.75) is 31.8 Å². The molecule has 1 saturated carbocycles. The highest BCUT2D eigenvalue weighted by Gasteiger charge is 2.20. The Bertz CT molecular complexity index is 381. The van der Waals surface area contributed by atoms with Gasteiger partial charge in [0.05, 0.1) is 6.10 Å². The van der Waals surface area contributed by atoms with E-state index >= 15 is 0 Å². The summed E-state index contributed by atoms with van der Waals surface area (Å²) in [4.78, 5) is 11.7. The van der Waals surface area contributed by atoms with E-state index in [1.807, 2.05) is 30.3 Å². The number of carbonyl (C=O) groups is 1. The Labute approximate surface area is 107 Å². The van der Waals surface area contributed by atoms with Crippen LogP contribution in [0.15, 0.2) is 30.3 Å². The summed E-state index contributed by atoms with van der Waals surface area (Å²) in [6.07, 6.45) is 3.64. The van der Waals surface area contributed by atoms with Crippen molar-refractivity contribution in [1.29, 1.82) is 0 Å². The minimum atomic E-state index is -0.192. The number of carbonyl (C=O) groups excluding carboxylic acids is 1. The lowest BCUT2D eigenvalue weighted by atomic mass is 9.87. The summed E-state index contributed by atoms with van der Waals surface area (Å²) < 4.78 is 0. The maximum absolute atomic E-state index is 11.7. The van der Waals surface area contributed by atoms with Crippen molar-refractivity contribution in [3.63, 3.8) is 0 Å². The molecule has 1 aliphatic carbocycles. The number of anilines is 1. The van der Waals surface area contributed by atoms with Crippen molar-refractivity contribution in [3.8, 4) is 0 Å². The van der Waals surface area contributed by atoms with Gasteiger partial charge >= 0.3 is 6.03 Å². The molecule has 2 unspecified atom stereocenters. The molecular weight excluding hydrogens is 228 g/mol. The Kier molecular flexibility index (Phi) is 4.59. The highest BCUT2D eigenvalue weighted by Crippen LogP contribution is 2.23. The highest BCUT2D eigenvalue weighted by molar-refractivity contribution is 5.89. The molecule has 0 heterocycles. The Morgan fingerprint density at radius 2 is 2.06 bits per heavy atom. The summed E-state index contributed by atoms with van der Waals surface area (Å²) in [7, 11) is 0. The van der Waals surface area contributed by atoms with E-state index in [1.54, 1.807) is 0 Å². The number of benzene rings is 1. The Hall–Kier alpha value is -1.55. The number of hydrogen-bond donors (Lipinski definition) is 3. The SMILES string of the molecule is O=C(NCC1CCCC(O)C1)Nc1ccccc1. The Morgan fingerprint density at radius 1 is 1.28 bits per heavy atom. The molecule has 1 aromatic carbocycles. The fraction of sp³-hybridized carbons (Fsp3) is 0.500. The first kappa shape index (κ1) is 12.9. The van der Waals surface area contributed by atoms with Gasteiger partial charge < -0.3 is 15.7 Å². The first-order chi connectivity index (χ1) is 8.74. The lowest BCUT2D eigenvalue weighted by Gasteiger charge is -2.25. The van der Waals surface area contributed by atoms with Gasteiger partial charge in [-0.2, -0.15) is 0 Å². The monoisotopic (exact) mass is 248 g/mol. The maximum atomic E-state index is 11.7. The summed E-state index contributed by atoms with van der Waals surface area (Å²) in [5, 5.41) is 15.2. The summed E-state index contributed by atoms with van der Waals surface area (Å²) >= 11 is 0. The molecule has 1 aromatic rings. The van der Waals surface area contributed by atoms with Crippen molar-refractivity contribution >= 4 is 11.7 Å². The van der Waals surface area contributed by atoms with Gasteiger partial charge in [-0.05, 0) is 37.3 Å². The first-order valence-corrected chi connectivity index (χ1v) is 6.52. The first-order valence-electron chi connectivity index (χ1n) is 6.52. The Balaban J connectivity index is 1.71. The van der Waals surface area contributed by atoms with Gasteiger partial charge in [0.1, 0.15) is 0 Å². The number of rotatable bonds is 3. The fourth-order valence-electron chi connectivity index (χ4n) is 2.38. The van der Waals surface area contributed by atoms with Crippen LogP contribution in [0.2, 0.25) is 0 Å². The van der Waals surface area contributed by atoms with Crippen LogP contribution in [0, 0.1) is 5.92 Å². The van der Waals surface area contributed by atoms with Crippen LogP contribution in [-0.2, 0) is 0 Å². The zero-order valence-corrected chi connectivity index (χ0v) is 10.4. The largest absolute Gasteiger partial charge is 0.393 e. The van der Waals surface area contributed by atoms with Gasteiger partial charge in [-0.3, -0.25) is 0 Å². The van der Waals surface area contributed by atoms with Crippen molar-refractivity contribution in [2.75, 3.05) is 11.9 Å². The lowest BCUT2D eigenvalue weighted by Crippen LogP contribution is -2.35. The van der Waals surface area contributed by atoms with Crippen LogP contribution in [0.25, 0.3) is 0 Å². The molecule has 2 atom stereocenters. The van der Waals surface area contributed by atoms with Gasteiger partial charge in [-0.25, -0.2) is 4.79 Å². The Morgan fingerprint density at radius 3 is 2.78 bits per heavy atom. The predicted octanol–water partition coefficient (Wildman–Crippen LogP) is 2.36. The van der Waals surface area contributed by atoms with Crippen LogP contribution < -0.4 is 10.6 Å². The minimum absolute atomic E-state index is 0.179. The highest BCUT2D eigenvalue weighted by atomic mass is 16.3. The molecule has 4 heteroatoms. The van der Waals surface area contributed by atoms with Gasteiger partial charge in [0.15, 0.2) is 0 Å². The number of hydrogen-bond acceptors (Lipinski definition) is 2. The van der Waals surface area contributed by atoms with Crippen LogP contribution in [0.1, 0.15) is 25.7 Å². The second kappa shape index (κ2) is 6.40. The van der Waals surface area contributed by atoms with Crippen molar-refractivity contribution in [1.82, 2.24) is 5.32 Å². The van der Waals surface area contributed by atoms with Gasteiger partial charge in [0, 0.05) is 12.2 Å². The van der Waals surface area contributed by atoms with Crippen LogP contribution in [-0.4, -0.2) is 23.8 Å². The quantitative estimate of drug-likeness (QED) is 0.769. The van der Waals surface area contributed by atoms with Gasteiger partial charge in [-0.1, -0.05) is 24.6 Å². The van der Waals surface area contributed by atoms with Crippen molar-refractivity contribution < 1.29 is 9.90 Å². The van der Waals surface area contributed by atoms with Crippen molar-refractivity contribution in [3.05, 3.63) is 30.3 Å². The fourth-order valence-corrected chi connectivity index (χ4v) is 2.38. The van der Waals surface area contributed by atoms with Crippen LogP contribution in [0.4, 0.5) is 10.5 Å². The second-order valence-corrected chi connectivity index (χ2v) is 4.89. The van der Waals surface area contributed by atoms with Crippen LogP contribution in [0.5, 0.6) is 0 Å². The molecule has 2 rings (SSSR count). The lowest BCUT2D eigenvalue weighted by molar-refractivity contribution is 0.101. The molecule has 1 fully saturated rings. The third kappa shape index (κ3) is 4.04. The van der Waals surface area contributed by atoms with E-state index in [-0.39, 0.29) is 12.1 Å². The number of aliphatic hydroxyl groups excluding tert-OH is 1. The molecular formula is C14H20N2O2. The van der Waals surface area contributed by atoms with E-state index in [9.17, 15) is 9.90 Å². The summed E-state index contributed by atoms with van der Waals surface area (Å²) in [5.74, 6) is 0.398. The van der Waals surface area contributed by atoms with Gasteiger partial charge in [0.25, 0.3) is 0 Å². The number of para-hydroxylation sites is 1. The third-order valence-corrected chi connectivity index (χ3v) is 3.34. The molecule has 1 aliphatic rings. The van der Waals surface area contributed by atoms with Crippen LogP contribution >= 0.6 is 0 Å². The predicted molar refractivity (Wildman–Crippen MR) is 71.4 cm³/mol. The third-order valence-electron chi connectivity index (χ3n) is 3.34. The van der Waals surface area contributed by atoms with Crippen LogP contribution in [0.3, 0.4) is 0 Å². The molecule has 2 amide bonds.